The van der Waals surface area contributed by atoms with Gasteiger partial charge in [-0.05, 0) is 42.8 Å². The highest BCUT2D eigenvalue weighted by Gasteiger charge is 2.36. The zero-order valence-corrected chi connectivity index (χ0v) is 15.9. The summed E-state index contributed by atoms with van der Waals surface area (Å²) in [7, 11) is -3.67. The highest BCUT2D eigenvalue weighted by atomic mass is 32.2. The number of fused-ring (bicyclic) bond motifs is 1. The Hall–Kier alpha value is -2.78. The van der Waals surface area contributed by atoms with Crippen LogP contribution < -0.4 is 9.62 Å². The van der Waals surface area contributed by atoms with Crippen molar-refractivity contribution in [3.05, 3.63) is 53.6 Å². The average Bonchev–Trinajstić information content (AvgIpc) is 3.13. The topological polar surface area (TPSA) is 96.4 Å². The number of amides is 2. The average molecular weight is 401 g/mol. The Balaban J connectivity index is 1.61. The number of aromatic nitrogens is 1. The molecule has 0 unspecified atom stereocenters. The molecule has 27 heavy (non-hydrogen) atoms. The fourth-order valence-corrected chi connectivity index (χ4v) is 5.31. The molecule has 1 aliphatic rings. The van der Waals surface area contributed by atoms with E-state index in [9.17, 15) is 18.0 Å². The summed E-state index contributed by atoms with van der Waals surface area (Å²) in [5.74, 6) is -1.13. The quantitative estimate of drug-likeness (QED) is 0.728. The molecule has 0 spiro atoms. The minimum Gasteiger partial charge on any atom is -0.298 e. The molecule has 2 amide bonds. The molecule has 0 saturated carbocycles. The lowest BCUT2D eigenvalue weighted by molar-refractivity contribution is -0.116. The first-order valence-electron chi connectivity index (χ1n) is 8.18. The van der Waals surface area contributed by atoms with Gasteiger partial charge in [-0.1, -0.05) is 23.5 Å². The largest absolute Gasteiger partial charge is 0.298 e. The van der Waals surface area contributed by atoms with Gasteiger partial charge in [0.2, 0.25) is 15.9 Å². The van der Waals surface area contributed by atoms with E-state index in [0.717, 1.165) is 20.1 Å². The lowest BCUT2D eigenvalue weighted by atomic mass is 10.2. The molecular formula is C18H15N3O4S2. The van der Waals surface area contributed by atoms with Gasteiger partial charge in [0.25, 0.3) is 5.91 Å². The molecular weight excluding hydrogens is 386 g/mol. The van der Waals surface area contributed by atoms with Crippen molar-refractivity contribution in [2.75, 3.05) is 15.4 Å². The molecule has 0 atom stereocenters. The van der Waals surface area contributed by atoms with Crippen LogP contribution in [0.3, 0.4) is 0 Å². The summed E-state index contributed by atoms with van der Waals surface area (Å²) >= 11 is 1.36. The molecule has 3 aromatic rings. The normalized spacial score (nSPS) is 16.0. The number of carbonyl (C=O) groups is 2. The van der Waals surface area contributed by atoms with E-state index in [2.05, 4.69) is 10.3 Å². The number of hydrogen-bond donors (Lipinski definition) is 1. The Morgan fingerprint density at radius 2 is 2.04 bits per heavy atom. The van der Waals surface area contributed by atoms with Crippen LogP contribution in [0.4, 0.5) is 10.8 Å². The van der Waals surface area contributed by atoms with Crippen molar-refractivity contribution < 1.29 is 18.0 Å². The number of thiazole rings is 1. The van der Waals surface area contributed by atoms with Gasteiger partial charge in [0.1, 0.15) is 0 Å². The van der Waals surface area contributed by atoms with Crippen LogP contribution >= 0.6 is 11.3 Å². The number of nitrogens with zero attached hydrogens (tertiary/aromatic N) is 2. The van der Waals surface area contributed by atoms with Gasteiger partial charge in [-0.3, -0.25) is 14.9 Å². The summed E-state index contributed by atoms with van der Waals surface area (Å²) in [4.78, 5) is 28.9. The van der Waals surface area contributed by atoms with E-state index in [1.807, 2.05) is 25.1 Å². The maximum absolute atomic E-state index is 12.6. The molecule has 1 fully saturated rings. The molecule has 1 N–H and O–H groups in total. The van der Waals surface area contributed by atoms with E-state index in [1.54, 1.807) is 12.1 Å². The third kappa shape index (κ3) is 3.31. The Kier molecular flexibility index (Phi) is 4.20. The molecule has 1 saturated heterocycles. The highest BCUT2D eigenvalue weighted by molar-refractivity contribution is 7.94. The van der Waals surface area contributed by atoms with Gasteiger partial charge in [-0.25, -0.2) is 17.7 Å². The SMILES string of the molecule is Cc1ccc2nc(NC(=O)c3cccc(N4C(=O)CCS4(=O)=O)c3)sc2c1. The van der Waals surface area contributed by atoms with Gasteiger partial charge in [-0.15, -0.1) is 0 Å². The maximum Gasteiger partial charge on any atom is 0.257 e. The summed E-state index contributed by atoms with van der Waals surface area (Å²) in [6.07, 6.45) is -0.0517. The fraction of sp³-hybridized carbons (Fsp3) is 0.167. The molecule has 1 aromatic heterocycles. The molecule has 138 valence electrons. The summed E-state index contributed by atoms with van der Waals surface area (Å²) < 4.78 is 25.9. The van der Waals surface area contributed by atoms with Gasteiger partial charge in [0.05, 0.1) is 21.7 Å². The third-order valence-corrected chi connectivity index (χ3v) is 6.81. The van der Waals surface area contributed by atoms with Crippen molar-refractivity contribution in [1.29, 1.82) is 0 Å². The van der Waals surface area contributed by atoms with Gasteiger partial charge in [0.15, 0.2) is 5.13 Å². The van der Waals surface area contributed by atoms with E-state index in [4.69, 9.17) is 0 Å². The first-order valence-corrected chi connectivity index (χ1v) is 10.6. The van der Waals surface area contributed by atoms with Crippen LogP contribution in [-0.4, -0.2) is 31.0 Å². The molecule has 0 radical (unpaired) electrons. The van der Waals surface area contributed by atoms with Crippen molar-refractivity contribution >= 4 is 54.2 Å². The second-order valence-electron chi connectivity index (χ2n) is 6.22. The second-order valence-corrected chi connectivity index (χ2v) is 9.19. The highest BCUT2D eigenvalue weighted by Crippen LogP contribution is 2.28. The summed E-state index contributed by atoms with van der Waals surface area (Å²) in [5.41, 5.74) is 2.32. The molecule has 2 heterocycles. The summed E-state index contributed by atoms with van der Waals surface area (Å²) in [5, 5.41) is 3.19. The monoisotopic (exact) mass is 401 g/mol. The Morgan fingerprint density at radius 1 is 1.22 bits per heavy atom. The van der Waals surface area contributed by atoms with E-state index < -0.39 is 21.8 Å². The lowest BCUT2D eigenvalue weighted by Gasteiger charge is -2.15. The van der Waals surface area contributed by atoms with E-state index in [-0.39, 0.29) is 23.4 Å². The zero-order chi connectivity index (χ0) is 19.2. The van der Waals surface area contributed by atoms with Crippen LogP contribution in [0, 0.1) is 6.92 Å². The first kappa shape index (κ1) is 17.6. The van der Waals surface area contributed by atoms with Crippen molar-refractivity contribution in [1.82, 2.24) is 4.98 Å². The summed E-state index contributed by atoms with van der Waals surface area (Å²) in [6, 6.07) is 11.8. The smallest absolute Gasteiger partial charge is 0.257 e. The van der Waals surface area contributed by atoms with Crippen molar-refractivity contribution in [2.45, 2.75) is 13.3 Å². The third-order valence-electron chi connectivity index (χ3n) is 4.19. The minimum absolute atomic E-state index is 0.0517. The zero-order valence-electron chi connectivity index (χ0n) is 14.3. The van der Waals surface area contributed by atoms with Crippen LogP contribution in [0.25, 0.3) is 10.2 Å². The van der Waals surface area contributed by atoms with Crippen molar-refractivity contribution in [3.8, 4) is 0 Å². The number of carbonyl (C=O) groups excluding carboxylic acids is 2. The van der Waals surface area contributed by atoms with Crippen LogP contribution in [0.15, 0.2) is 42.5 Å². The molecule has 2 aromatic carbocycles. The predicted molar refractivity (Wildman–Crippen MR) is 105 cm³/mol. The van der Waals surface area contributed by atoms with Crippen LogP contribution in [0.2, 0.25) is 0 Å². The molecule has 1 aliphatic heterocycles. The van der Waals surface area contributed by atoms with E-state index in [1.165, 1.54) is 23.5 Å². The van der Waals surface area contributed by atoms with Crippen LogP contribution in [0.1, 0.15) is 22.3 Å². The Labute approximate surface area is 159 Å². The number of sulfonamides is 1. The Bertz CT molecular complexity index is 1180. The first-order chi connectivity index (χ1) is 12.8. The summed E-state index contributed by atoms with van der Waals surface area (Å²) in [6.45, 7) is 1.98. The van der Waals surface area contributed by atoms with Crippen molar-refractivity contribution in [2.24, 2.45) is 0 Å². The van der Waals surface area contributed by atoms with E-state index in [0.29, 0.717) is 5.13 Å². The molecule has 9 heteroatoms. The molecule has 7 nitrogen and oxygen atoms in total. The number of benzene rings is 2. The molecule has 4 rings (SSSR count). The maximum atomic E-state index is 12.6. The standard InChI is InChI=1S/C18H15N3O4S2/c1-11-5-6-14-15(9-11)26-18(19-14)20-17(23)12-3-2-4-13(10-12)21-16(22)7-8-27(21,24)25/h2-6,9-10H,7-8H2,1H3,(H,19,20,23). The molecule has 0 aliphatic carbocycles. The van der Waals surface area contributed by atoms with Crippen LogP contribution in [0.5, 0.6) is 0 Å². The number of anilines is 2. The lowest BCUT2D eigenvalue weighted by Crippen LogP contribution is -2.29. The van der Waals surface area contributed by atoms with Gasteiger partial charge >= 0.3 is 0 Å². The van der Waals surface area contributed by atoms with Crippen molar-refractivity contribution in [3.63, 3.8) is 0 Å². The van der Waals surface area contributed by atoms with Gasteiger partial charge in [-0.2, -0.15) is 0 Å². The Morgan fingerprint density at radius 3 is 2.78 bits per heavy atom. The molecule has 0 bridgehead atoms. The predicted octanol–water partition coefficient (Wildman–Crippen LogP) is 2.92. The van der Waals surface area contributed by atoms with Gasteiger partial charge in [0, 0.05) is 12.0 Å². The van der Waals surface area contributed by atoms with Gasteiger partial charge < -0.3 is 0 Å². The number of hydrogen-bond acceptors (Lipinski definition) is 6. The number of aryl methyl sites for hydroxylation is 1. The second kappa shape index (κ2) is 6.43. The van der Waals surface area contributed by atoms with E-state index >= 15 is 0 Å². The number of nitrogens with one attached hydrogen (secondary N) is 1. The number of rotatable bonds is 3. The minimum atomic E-state index is -3.67. The van der Waals surface area contributed by atoms with Crippen LogP contribution in [-0.2, 0) is 14.8 Å². The fourth-order valence-electron chi connectivity index (χ4n) is 2.90.